The average Bonchev–Trinajstić information content (AvgIpc) is 3.23. The third kappa shape index (κ3) is 5.88. The van der Waals surface area contributed by atoms with Gasteiger partial charge in [-0.3, -0.25) is 9.59 Å². The molecule has 0 aromatic heterocycles. The van der Waals surface area contributed by atoms with E-state index in [0.717, 1.165) is 50.4 Å². The maximum atomic E-state index is 12.6. The summed E-state index contributed by atoms with van der Waals surface area (Å²) in [4.78, 5) is 26.9. The van der Waals surface area contributed by atoms with Crippen molar-refractivity contribution in [1.82, 2.24) is 4.90 Å². The molecule has 0 heterocycles. The van der Waals surface area contributed by atoms with E-state index >= 15 is 0 Å². The van der Waals surface area contributed by atoms with Crippen LogP contribution in [0, 0.1) is 40.4 Å². The zero-order valence-corrected chi connectivity index (χ0v) is 24.9. The molecule has 4 fully saturated rings. The Bertz CT molecular complexity index is 993. The summed E-state index contributed by atoms with van der Waals surface area (Å²) in [7, 11) is 1.91. The first kappa shape index (κ1) is 28.8. The van der Waals surface area contributed by atoms with Crippen molar-refractivity contribution in [3.05, 3.63) is 35.9 Å². The maximum Gasteiger partial charge on any atom is 0.222 e. The number of amides is 1. The van der Waals surface area contributed by atoms with Gasteiger partial charge in [0.15, 0.2) is 0 Å². The molecule has 1 aromatic rings. The molecule has 4 nitrogen and oxygen atoms in total. The van der Waals surface area contributed by atoms with Gasteiger partial charge in [-0.2, -0.15) is 0 Å². The van der Waals surface area contributed by atoms with Crippen LogP contribution in [0.5, 0.6) is 0 Å². The predicted octanol–water partition coefficient (Wildman–Crippen LogP) is 7.57. The van der Waals surface area contributed by atoms with Crippen LogP contribution in [0.4, 0.5) is 0 Å². The van der Waals surface area contributed by atoms with E-state index in [-0.39, 0.29) is 17.4 Å². The Morgan fingerprint density at radius 1 is 0.949 bits per heavy atom. The lowest BCUT2D eigenvalue weighted by atomic mass is 9.42. The van der Waals surface area contributed by atoms with Crippen molar-refractivity contribution in [2.24, 2.45) is 40.4 Å². The highest BCUT2D eigenvalue weighted by molar-refractivity contribution is 5.79. The standard InChI is InChI=1S/C35H53NO3/c1-34-20-18-28(37)23-27(34)22-26(33-29-16-17-31(38)35(29,2)21-19-30(33)34)14-10-5-4-6-11-15-32(39)36(3)24-25-12-8-7-9-13-25/h7-9,12-13,26-27,29-31,33,38H,4-6,10-11,14-24H2,1-3H3/t26?,27?,29-,30+,31?,33-,34-,35-/m0/s1. The zero-order valence-electron chi connectivity index (χ0n) is 24.9. The van der Waals surface area contributed by atoms with Crippen LogP contribution >= 0.6 is 0 Å². The van der Waals surface area contributed by atoms with Gasteiger partial charge in [0.25, 0.3) is 0 Å². The molecular weight excluding hydrogens is 482 g/mol. The van der Waals surface area contributed by atoms with Gasteiger partial charge in [-0.15, -0.1) is 0 Å². The fraction of sp³-hybridized carbons (Fsp3) is 0.771. The normalized spacial score (nSPS) is 37.6. The summed E-state index contributed by atoms with van der Waals surface area (Å²) in [5, 5.41) is 11.0. The average molecular weight is 536 g/mol. The quantitative estimate of drug-likeness (QED) is 0.314. The third-order valence-electron chi connectivity index (χ3n) is 12.3. The molecule has 1 aromatic carbocycles. The van der Waals surface area contributed by atoms with Crippen LogP contribution < -0.4 is 0 Å². The van der Waals surface area contributed by atoms with Crippen molar-refractivity contribution >= 4 is 11.7 Å². The second-order valence-corrected chi connectivity index (χ2v) is 14.4. The number of hydrogen-bond donors (Lipinski definition) is 1. The Labute approximate surface area is 237 Å². The number of benzene rings is 1. The molecule has 216 valence electrons. The monoisotopic (exact) mass is 535 g/mol. The van der Waals surface area contributed by atoms with Gasteiger partial charge < -0.3 is 10.0 Å². The molecule has 4 aliphatic carbocycles. The number of ketones is 1. The molecule has 3 unspecified atom stereocenters. The van der Waals surface area contributed by atoms with Gasteiger partial charge in [0.1, 0.15) is 5.78 Å². The smallest absolute Gasteiger partial charge is 0.222 e. The summed E-state index contributed by atoms with van der Waals surface area (Å²) >= 11 is 0. The number of nitrogens with zero attached hydrogens (tertiary/aromatic N) is 1. The molecular formula is C35H53NO3. The zero-order chi connectivity index (χ0) is 27.6. The second-order valence-electron chi connectivity index (χ2n) is 14.4. The van der Waals surface area contributed by atoms with Gasteiger partial charge in [0.05, 0.1) is 6.10 Å². The third-order valence-corrected chi connectivity index (χ3v) is 12.3. The topological polar surface area (TPSA) is 57.6 Å². The minimum atomic E-state index is -0.128. The van der Waals surface area contributed by atoms with Crippen molar-refractivity contribution in [1.29, 1.82) is 0 Å². The molecule has 39 heavy (non-hydrogen) atoms. The Morgan fingerprint density at radius 3 is 2.46 bits per heavy atom. The molecule has 0 spiro atoms. The number of unbranched alkanes of at least 4 members (excludes halogenated alkanes) is 4. The fourth-order valence-corrected chi connectivity index (χ4v) is 9.84. The number of carbonyl (C=O) groups is 2. The summed E-state index contributed by atoms with van der Waals surface area (Å²) in [6.45, 7) is 5.61. The highest BCUT2D eigenvalue weighted by Gasteiger charge is 2.62. The van der Waals surface area contributed by atoms with Gasteiger partial charge in [0, 0.05) is 32.9 Å². The molecule has 0 saturated heterocycles. The lowest BCUT2D eigenvalue weighted by Crippen LogP contribution is -2.57. The van der Waals surface area contributed by atoms with Crippen molar-refractivity contribution in [3.63, 3.8) is 0 Å². The minimum Gasteiger partial charge on any atom is -0.393 e. The molecule has 0 bridgehead atoms. The van der Waals surface area contributed by atoms with Crippen LogP contribution in [-0.4, -0.2) is 34.8 Å². The Kier molecular flexibility index (Phi) is 8.91. The van der Waals surface area contributed by atoms with Crippen molar-refractivity contribution in [2.75, 3.05) is 7.05 Å². The van der Waals surface area contributed by atoms with Crippen LogP contribution in [-0.2, 0) is 16.1 Å². The second kappa shape index (κ2) is 12.0. The van der Waals surface area contributed by atoms with Crippen LogP contribution in [0.1, 0.15) is 116 Å². The van der Waals surface area contributed by atoms with Crippen molar-refractivity contribution in [2.45, 2.75) is 123 Å². The first-order chi connectivity index (χ1) is 18.7. The van der Waals surface area contributed by atoms with Gasteiger partial charge >= 0.3 is 0 Å². The summed E-state index contributed by atoms with van der Waals surface area (Å²) in [6.07, 6.45) is 16.1. The molecule has 4 aliphatic rings. The van der Waals surface area contributed by atoms with Crippen LogP contribution in [0.3, 0.4) is 0 Å². The molecule has 0 radical (unpaired) electrons. The van der Waals surface area contributed by atoms with Gasteiger partial charge in [-0.05, 0) is 90.9 Å². The fourth-order valence-electron chi connectivity index (χ4n) is 9.84. The highest BCUT2D eigenvalue weighted by Crippen LogP contribution is 2.67. The number of Topliss-reactive ketones (excluding diaryl/α,β-unsaturated/α-hetero) is 1. The number of carbonyl (C=O) groups excluding carboxylic acids is 2. The first-order valence-corrected chi connectivity index (χ1v) is 16.2. The van der Waals surface area contributed by atoms with Crippen LogP contribution in [0.15, 0.2) is 30.3 Å². The summed E-state index contributed by atoms with van der Waals surface area (Å²) < 4.78 is 0. The summed E-state index contributed by atoms with van der Waals surface area (Å²) in [5.41, 5.74) is 1.61. The maximum absolute atomic E-state index is 12.6. The van der Waals surface area contributed by atoms with Crippen LogP contribution in [0.25, 0.3) is 0 Å². The number of hydrogen-bond acceptors (Lipinski definition) is 3. The van der Waals surface area contributed by atoms with E-state index in [0.29, 0.717) is 41.9 Å². The SMILES string of the molecule is CN(Cc1ccccc1)C(=O)CCCCCCCC1CC2CC(=O)CC[C@]2(C)[C@@H]2CC[C@]3(C)C(O)CC[C@H]3[C@H]12. The molecule has 4 heteroatoms. The summed E-state index contributed by atoms with van der Waals surface area (Å²) in [5.74, 6) is 4.14. The van der Waals surface area contributed by atoms with E-state index in [1.54, 1.807) is 0 Å². The number of aliphatic hydroxyl groups excluding tert-OH is 1. The van der Waals surface area contributed by atoms with E-state index in [1.165, 1.54) is 56.9 Å². The molecule has 4 saturated carbocycles. The molecule has 1 amide bonds. The Balaban J connectivity index is 1.11. The highest BCUT2D eigenvalue weighted by atomic mass is 16.3. The van der Waals surface area contributed by atoms with E-state index in [4.69, 9.17) is 0 Å². The van der Waals surface area contributed by atoms with E-state index in [2.05, 4.69) is 26.0 Å². The Morgan fingerprint density at radius 2 is 1.67 bits per heavy atom. The largest absolute Gasteiger partial charge is 0.393 e. The Hall–Kier alpha value is -1.68. The molecule has 8 atom stereocenters. The van der Waals surface area contributed by atoms with Crippen LogP contribution in [0.2, 0.25) is 0 Å². The first-order valence-electron chi connectivity index (χ1n) is 16.2. The molecule has 0 aliphatic heterocycles. The van der Waals surface area contributed by atoms with Gasteiger partial charge in [0.2, 0.25) is 5.91 Å². The van der Waals surface area contributed by atoms with E-state index < -0.39 is 0 Å². The number of rotatable bonds is 10. The van der Waals surface area contributed by atoms with Gasteiger partial charge in [-0.1, -0.05) is 76.3 Å². The number of fused-ring (bicyclic) bond motifs is 5. The minimum absolute atomic E-state index is 0.104. The van der Waals surface area contributed by atoms with Crippen molar-refractivity contribution < 1.29 is 14.7 Å². The molecule has 1 N–H and O–H groups in total. The number of aliphatic hydroxyl groups is 1. The lowest BCUT2D eigenvalue weighted by Gasteiger charge is -2.62. The molecule has 5 rings (SSSR count). The van der Waals surface area contributed by atoms with E-state index in [1.807, 2.05) is 30.1 Å². The summed E-state index contributed by atoms with van der Waals surface area (Å²) in [6, 6.07) is 10.2. The predicted molar refractivity (Wildman–Crippen MR) is 157 cm³/mol. The van der Waals surface area contributed by atoms with E-state index in [9.17, 15) is 14.7 Å². The van der Waals surface area contributed by atoms with Crippen molar-refractivity contribution in [3.8, 4) is 0 Å². The lowest BCUT2D eigenvalue weighted by molar-refractivity contribution is -0.156. The van der Waals surface area contributed by atoms with Gasteiger partial charge in [-0.25, -0.2) is 0 Å².